The summed E-state index contributed by atoms with van der Waals surface area (Å²) in [5.41, 5.74) is 0.415. The maximum absolute atomic E-state index is 13.0. The van der Waals surface area contributed by atoms with Gasteiger partial charge in [-0.2, -0.15) is 5.26 Å². The zero-order chi connectivity index (χ0) is 22.9. The number of benzene rings is 1. The lowest BCUT2D eigenvalue weighted by molar-refractivity contribution is -0.182. The Morgan fingerprint density at radius 3 is 2.39 bits per heavy atom. The summed E-state index contributed by atoms with van der Waals surface area (Å²) in [5, 5.41) is 9.74. The van der Waals surface area contributed by atoms with Crippen LogP contribution in [0.2, 0.25) is 0 Å². The molecule has 0 radical (unpaired) electrons. The van der Waals surface area contributed by atoms with E-state index < -0.39 is 41.8 Å². The van der Waals surface area contributed by atoms with Gasteiger partial charge in [-0.15, -0.1) is 0 Å². The number of aromatic nitrogens is 1. The van der Waals surface area contributed by atoms with Crippen LogP contribution in [0.3, 0.4) is 0 Å². The SMILES string of the molecule is CC(=O)OC[C@H]1Oc2c(c3cc(C#N)ccc3n(C)c2=O)[C@@H](OC(C)=O)[C@@H]1OC(C)=O. The van der Waals surface area contributed by atoms with Crippen LogP contribution in [0, 0.1) is 11.3 Å². The van der Waals surface area contributed by atoms with Crippen molar-refractivity contribution in [2.24, 2.45) is 7.05 Å². The van der Waals surface area contributed by atoms with Gasteiger partial charge in [-0.1, -0.05) is 0 Å². The quantitative estimate of drug-likeness (QED) is 0.521. The maximum atomic E-state index is 13.0. The number of rotatable bonds is 4. The van der Waals surface area contributed by atoms with E-state index in [2.05, 4.69) is 0 Å². The molecule has 1 aromatic carbocycles. The first-order chi connectivity index (χ1) is 14.6. The lowest BCUT2D eigenvalue weighted by Crippen LogP contribution is -2.49. The summed E-state index contributed by atoms with van der Waals surface area (Å²) in [4.78, 5) is 48.1. The monoisotopic (exact) mass is 428 g/mol. The number of pyridine rings is 1. The molecule has 0 saturated carbocycles. The molecule has 3 rings (SSSR count). The second kappa shape index (κ2) is 8.47. The summed E-state index contributed by atoms with van der Waals surface area (Å²) >= 11 is 0. The van der Waals surface area contributed by atoms with Crippen molar-refractivity contribution in [3.05, 3.63) is 39.7 Å². The molecule has 0 aliphatic carbocycles. The van der Waals surface area contributed by atoms with Crippen molar-refractivity contribution in [3.8, 4) is 11.8 Å². The Bertz CT molecular complexity index is 1180. The molecule has 0 amide bonds. The van der Waals surface area contributed by atoms with Crippen LogP contribution in [0.15, 0.2) is 23.0 Å². The van der Waals surface area contributed by atoms with Gasteiger partial charge in [0.1, 0.15) is 6.61 Å². The Balaban J connectivity index is 2.32. The van der Waals surface area contributed by atoms with Gasteiger partial charge in [0.25, 0.3) is 5.56 Å². The molecule has 31 heavy (non-hydrogen) atoms. The average Bonchev–Trinajstić information content (AvgIpc) is 2.70. The number of aryl methyl sites for hydroxylation is 1. The number of esters is 3. The molecular weight excluding hydrogens is 408 g/mol. The smallest absolute Gasteiger partial charge is 0.303 e. The van der Waals surface area contributed by atoms with E-state index in [9.17, 15) is 24.4 Å². The molecule has 0 saturated heterocycles. The molecule has 2 heterocycles. The Labute approximate surface area is 176 Å². The van der Waals surface area contributed by atoms with Crippen LogP contribution in [0.4, 0.5) is 0 Å². The first kappa shape index (κ1) is 21.8. The summed E-state index contributed by atoms with van der Waals surface area (Å²) < 4.78 is 23.0. The molecule has 1 aliphatic heterocycles. The molecule has 2 aromatic rings. The number of hydrogen-bond acceptors (Lipinski definition) is 9. The van der Waals surface area contributed by atoms with Gasteiger partial charge < -0.3 is 23.5 Å². The first-order valence-electron chi connectivity index (χ1n) is 9.35. The Hall–Kier alpha value is -3.87. The third-order valence-corrected chi connectivity index (χ3v) is 4.79. The van der Waals surface area contributed by atoms with E-state index in [0.29, 0.717) is 16.5 Å². The largest absolute Gasteiger partial charge is 0.477 e. The summed E-state index contributed by atoms with van der Waals surface area (Å²) in [7, 11) is 1.53. The Morgan fingerprint density at radius 2 is 1.81 bits per heavy atom. The fourth-order valence-electron chi connectivity index (χ4n) is 3.55. The van der Waals surface area contributed by atoms with Crippen LogP contribution < -0.4 is 10.3 Å². The second-order valence-electron chi connectivity index (χ2n) is 7.01. The Morgan fingerprint density at radius 1 is 1.13 bits per heavy atom. The number of carbonyl (C=O) groups excluding carboxylic acids is 3. The van der Waals surface area contributed by atoms with Crippen LogP contribution in [0.5, 0.6) is 5.75 Å². The fourth-order valence-corrected chi connectivity index (χ4v) is 3.55. The summed E-state index contributed by atoms with van der Waals surface area (Å²) in [6.45, 7) is 3.19. The molecular formula is C21H20N2O8. The molecule has 0 N–H and O–H groups in total. The van der Waals surface area contributed by atoms with Gasteiger partial charge in [-0.05, 0) is 18.2 Å². The average molecular weight is 428 g/mol. The van der Waals surface area contributed by atoms with Gasteiger partial charge in [0.15, 0.2) is 24.1 Å². The van der Waals surface area contributed by atoms with Crippen molar-refractivity contribution >= 4 is 28.8 Å². The molecule has 1 aliphatic rings. The molecule has 10 heteroatoms. The van der Waals surface area contributed by atoms with E-state index in [1.807, 2.05) is 6.07 Å². The Kier molecular flexibility index (Phi) is 5.97. The highest BCUT2D eigenvalue weighted by Crippen LogP contribution is 2.41. The van der Waals surface area contributed by atoms with Crippen molar-refractivity contribution < 1.29 is 33.3 Å². The van der Waals surface area contributed by atoms with Crippen molar-refractivity contribution in [2.75, 3.05) is 6.61 Å². The van der Waals surface area contributed by atoms with Crippen LogP contribution in [-0.2, 0) is 35.6 Å². The molecule has 0 fully saturated rings. The first-order valence-corrected chi connectivity index (χ1v) is 9.35. The lowest BCUT2D eigenvalue weighted by Gasteiger charge is -2.38. The topological polar surface area (TPSA) is 134 Å². The summed E-state index contributed by atoms with van der Waals surface area (Å²) in [6.07, 6.45) is -3.53. The van der Waals surface area contributed by atoms with Crippen LogP contribution in [-0.4, -0.2) is 41.3 Å². The molecule has 162 valence electrons. The minimum absolute atomic E-state index is 0.142. The van der Waals surface area contributed by atoms with E-state index in [-0.39, 0.29) is 17.9 Å². The predicted molar refractivity (Wildman–Crippen MR) is 105 cm³/mol. The van der Waals surface area contributed by atoms with E-state index in [1.165, 1.54) is 38.5 Å². The molecule has 0 unspecified atom stereocenters. The summed E-state index contributed by atoms with van der Waals surface area (Å²) in [6, 6.07) is 6.69. The molecule has 10 nitrogen and oxygen atoms in total. The van der Waals surface area contributed by atoms with Gasteiger partial charge in [0.2, 0.25) is 0 Å². The van der Waals surface area contributed by atoms with E-state index in [4.69, 9.17) is 18.9 Å². The fraction of sp³-hybridized carbons (Fsp3) is 0.381. The third kappa shape index (κ3) is 4.21. The zero-order valence-electron chi connectivity index (χ0n) is 17.3. The number of nitriles is 1. The van der Waals surface area contributed by atoms with Gasteiger partial charge in [0, 0.05) is 33.2 Å². The van der Waals surface area contributed by atoms with Crippen molar-refractivity contribution in [2.45, 2.75) is 39.1 Å². The number of hydrogen-bond donors (Lipinski definition) is 0. The van der Waals surface area contributed by atoms with Crippen LogP contribution in [0.25, 0.3) is 10.9 Å². The predicted octanol–water partition coefficient (Wildman–Crippen LogP) is 1.27. The lowest BCUT2D eigenvalue weighted by atomic mass is 9.92. The standard InChI is InChI=1S/C21H20N2O8/c1-10(24)28-9-16-18(29-11(2)25)19(30-12(3)26)17-14-7-13(8-22)5-6-15(14)23(4)21(27)20(17)31-16/h5-7,16,18-19H,9H2,1-4H3/t16-,18-,19-/m1/s1. The highest BCUT2D eigenvalue weighted by Gasteiger charge is 2.46. The van der Waals surface area contributed by atoms with Gasteiger partial charge in [-0.3, -0.25) is 19.2 Å². The minimum atomic E-state index is -1.23. The van der Waals surface area contributed by atoms with Crippen molar-refractivity contribution in [1.82, 2.24) is 4.57 Å². The van der Waals surface area contributed by atoms with E-state index in [1.54, 1.807) is 12.1 Å². The van der Waals surface area contributed by atoms with Crippen LogP contribution >= 0.6 is 0 Å². The number of nitrogens with zero attached hydrogens (tertiary/aromatic N) is 2. The normalized spacial score (nSPS) is 19.5. The zero-order valence-corrected chi connectivity index (χ0v) is 17.3. The second-order valence-corrected chi connectivity index (χ2v) is 7.01. The molecule has 0 bridgehead atoms. The molecule has 1 aromatic heterocycles. The van der Waals surface area contributed by atoms with Crippen LogP contribution in [0.1, 0.15) is 38.0 Å². The highest BCUT2D eigenvalue weighted by atomic mass is 16.6. The molecule has 0 spiro atoms. The third-order valence-electron chi connectivity index (χ3n) is 4.79. The van der Waals surface area contributed by atoms with E-state index in [0.717, 1.165) is 0 Å². The highest BCUT2D eigenvalue weighted by molar-refractivity contribution is 5.87. The number of carbonyl (C=O) groups is 3. The van der Waals surface area contributed by atoms with Gasteiger partial charge >= 0.3 is 17.9 Å². The molecule has 3 atom stereocenters. The van der Waals surface area contributed by atoms with E-state index >= 15 is 0 Å². The minimum Gasteiger partial charge on any atom is -0.477 e. The van der Waals surface area contributed by atoms with Crippen molar-refractivity contribution in [1.29, 1.82) is 5.26 Å². The van der Waals surface area contributed by atoms with Gasteiger partial charge in [-0.25, -0.2) is 0 Å². The van der Waals surface area contributed by atoms with Crippen molar-refractivity contribution in [3.63, 3.8) is 0 Å². The number of fused-ring (bicyclic) bond motifs is 3. The number of ether oxygens (including phenoxy) is 4. The maximum Gasteiger partial charge on any atom is 0.303 e. The summed E-state index contributed by atoms with van der Waals surface area (Å²) in [5.74, 6) is -2.12. The van der Waals surface area contributed by atoms with Gasteiger partial charge in [0.05, 0.1) is 22.7 Å².